The van der Waals surface area contributed by atoms with E-state index < -0.39 is 0 Å². The monoisotopic (exact) mass is 256 g/mol. The molecule has 0 radical (unpaired) electrons. The van der Waals surface area contributed by atoms with Crippen molar-refractivity contribution >= 4 is 23.2 Å². The Balaban J connectivity index is 2.14. The van der Waals surface area contributed by atoms with Crippen LogP contribution in [0.5, 0.6) is 0 Å². The van der Waals surface area contributed by atoms with E-state index in [-0.39, 0.29) is 6.10 Å². The lowest BCUT2D eigenvalue weighted by atomic mass is 9.92. The summed E-state index contributed by atoms with van der Waals surface area (Å²) in [5.41, 5.74) is 5.66. The van der Waals surface area contributed by atoms with Gasteiger partial charge in [-0.25, -0.2) is 9.97 Å². The highest BCUT2D eigenvalue weighted by Gasteiger charge is 2.25. The fraction of sp³-hybridized carbons (Fsp3) is 0.636. The maximum absolute atomic E-state index is 9.49. The molecule has 17 heavy (non-hydrogen) atoms. The third-order valence-electron chi connectivity index (χ3n) is 3.35. The summed E-state index contributed by atoms with van der Waals surface area (Å²) in [4.78, 5) is 10.1. The second-order valence-electron chi connectivity index (χ2n) is 4.47. The molecule has 1 aromatic heterocycles. The van der Waals surface area contributed by atoms with Gasteiger partial charge in [0.05, 0.1) is 6.10 Å². The van der Waals surface area contributed by atoms with Crippen LogP contribution in [0.25, 0.3) is 0 Å². The molecule has 0 aliphatic heterocycles. The van der Waals surface area contributed by atoms with Crippen molar-refractivity contribution in [3.63, 3.8) is 0 Å². The van der Waals surface area contributed by atoms with Gasteiger partial charge in [0.2, 0.25) is 0 Å². The van der Waals surface area contributed by atoms with E-state index in [1.807, 2.05) is 11.9 Å². The number of anilines is 2. The van der Waals surface area contributed by atoms with Crippen molar-refractivity contribution in [1.82, 2.24) is 9.97 Å². The largest absolute Gasteiger partial charge is 0.393 e. The fourth-order valence-corrected chi connectivity index (χ4v) is 2.47. The second kappa shape index (κ2) is 5.06. The Labute approximate surface area is 106 Å². The first-order chi connectivity index (χ1) is 8.09. The normalized spacial score (nSPS) is 24.6. The number of rotatable bonds is 2. The van der Waals surface area contributed by atoms with E-state index in [1.54, 1.807) is 0 Å². The first-order valence-electron chi connectivity index (χ1n) is 5.76. The van der Waals surface area contributed by atoms with Gasteiger partial charge >= 0.3 is 0 Å². The number of hydrogen-bond acceptors (Lipinski definition) is 5. The Kier molecular flexibility index (Phi) is 3.69. The zero-order chi connectivity index (χ0) is 12.4. The smallest absolute Gasteiger partial charge is 0.153 e. The van der Waals surface area contributed by atoms with Crippen LogP contribution in [-0.2, 0) is 0 Å². The zero-order valence-corrected chi connectivity index (χ0v) is 10.6. The standard InChI is InChI=1S/C11H17ClN4O/c1-16(7-2-4-8(17)5-3-7)11-9(12)10(13)14-6-15-11/h6-8,17H,2-5H2,1H3,(H2,13,14,15). The topological polar surface area (TPSA) is 75.3 Å². The Morgan fingerprint density at radius 2 is 2.00 bits per heavy atom. The van der Waals surface area contributed by atoms with Crippen molar-refractivity contribution in [2.24, 2.45) is 0 Å². The second-order valence-corrected chi connectivity index (χ2v) is 4.85. The fourth-order valence-electron chi connectivity index (χ4n) is 2.24. The number of nitrogen functional groups attached to an aromatic ring is 1. The SMILES string of the molecule is CN(c1ncnc(N)c1Cl)C1CCC(O)CC1. The average Bonchev–Trinajstić information content (AvgIpc) is 2.33. The lowest BCUT2D eigenvalue weighted by molar-refractivity contribution is 0.122. The number of aliphatic hydroxyl groups is 1. The highest BCUT2D eigenvalue weighted by atomic mass is 35.5. The molecule has 0 amide bonds. The van der Waals surface area contributed by atoms with E-state index in [1.165, 1.54) is 6.33 Å². The number of halogens is 1. The van der Waals surface area contributed by atoms with Gasteiger partial charge in [-0.05, 0) is 25.7 Å². The molecule has 0 aromatic carbocycles. The van der Waals surface area contributed by atoms with Gasteiger partial charge < -0.3 is 15.7 Å². The van der Waals surface area contributed by atoms with Crippen molar-refractivity contribution < 1.29 is 5.11 Å². The molecule has 2 rings (SSSR count). The van der Waals surface area contributed by atoms with Crippen molar-refractivity contribution in [3.8, 4) is 0 Å². The van der Waals surface area contributed by atoms with E-state index >= 15 is 0 Å². The van der Waals surface area contributed by atoms with Crippen LogP contribution in [-0.4, -0.2) is 34.3 Å². The van der Waals surface area contributed by atoms with Crippen molar-refractivity contribution in [1.29, 1.82) is 0 Å². The van der Waals surface area contributed by atoms with Crippen LogP contribution < -0.4 is 10.6 Å². The predicted molar refractivity (Wildman–Crippen MR) is 68.1 cm³/mol. The van der Waals surface area contributed by atoms with Crippen molar-refractivity contribution in [3.05, 3.63) is 11.3 Å². The Hall–Kier alpha value is -1.07. The number of aromatic nitrogens is 2. The quantitative estimate of drug-likeness (QED) is 0.838. The summed E-state index contributed by atoms with van der Waals surface area (Å²) in [6.07, 6.45) is 4.80. The molecule has 6 heteroatoms. The summed E-state index contributed by atoms with van der Waals surface area (Å²) < 4.78 is 0. The molecule has 1 aliphatic rings. The Bertz CT molecular complexity index is 393. The highest BCUT2D eigenvalue weighted by molar-refractivity contribution is 6.35. The molecular weight excluding hydrogens is 240 g/mol. The summed E-state index contributed by atoms with van der Waals surface area (Å²) in [5, 5.41) is 9.89. The third kappa shape index (κ3) is 2.61. The van der Waals surface area contributed by atoms with Crippen LogP contribution in [0.3, 0.4) is 0 Å². The van der Waals surface area contributed by atoms with Crippen LogP contribution >= 0.6 is 11.6 Å². The molecule has 0 spiro atoms. The molecular formula is C11H17ClN4O. The zero-order valence-electron chi connectivity index (χ0n) is 9.80. The van der Waals surface area contributed by atoms with Gasteiger partial charge in [0.25, 0.3) is 0 Å². The van der Waals surface area contributed by atoms with Gasteiger partial charge in [-0.2, -0.15) is 0 Å². The molecule has 0 unspecified atom stereocenters. The molecule has 1 saturated carbocycles. The van der Waals surface area contributed by atoms with E-state index in [0.717, 1.165) is 25.7 Å². The van der Waals surface area contributed by atoms with Gasteiger partial charge in [-0.3, -0.25) is 0 Å². The van der Waals surface area contributed by atoms with Gasteiger partial charge in [0, 0.05) is 13.1 Å². The van der Waals surface area contributed by atoms with E-state index in [4.69, 9.17) is 17.3 Å². The minimum absolute atomic E-state index is 0.161. The Morgan fingerprint density at radius 3 is 2.65 bits per heavy atom. The van der Waals surface area contributed by atoms with Crippen LogP contribution in [0.2, 0.25) is 5.02 Å². The molecule has 1 aromatic rings. The summed E-state index contributed by atoms with van der Waals surface area (Å²) in [5.74, 6) is 0.972. The average molecular weight is 257 g/mol. The van der Waals surface area contributed by atoms with E-state index in [0.29, 0.717) is 22.7 Å². The van der Waals surface area contributed by atoms with Gasteiger partial charge in [-0.15, -0.1) is 0 Å². The Morgan fingerprint density at radius 1 is 1.35 bits per heavy atom. The lowest BCUT2D eigenvalue weighted by Gasteiger charge is -2.34. The van der Waals surface area contributed by atoms with Gasteiger partial charge in [0.15, 0.2) is 5.82 Å². The molecule has 5 nitrogen and oxygen atoms in total. The maximum atomic E-state index is 9.49. The van der Waals surface area contributed by atoms with Crippen molar-refractivity contribution in [2.45, 2.75) is 37.8 Å². The molecule has 94 valence electrons. The summed E-state index contributed by atoms with van der Waals surface area (Å²) in [7, 11) is 1.95. The molecule has 0 bridgehead atoms. The number of aliphatic hydroxyl groups excluding tert-OH is 1. The molecule has 1 aliphatic carbocycles. The summed E-state index contributed by atoms with van der Waals surface area (Å²) in [6, 6.07) is 0.352. The van der Waals surface area contributed by atoms with Crippen LogP contribution in [0.4, 0.5) is 11.6 Å². The summed E-state index contributed by atoms with van der Waals surface area (Å²) in [6.45, 7) is 0. The van der Waals surface area contributed by atoms with E-state index in [9.17, 15) is 5.11 Å². The molecule has 0 saturated heterocycles. The van der Waals surface area contributed by atoms with Crippen LogP contribution in [0.1, 0.15) is 25.7 Å². The predicted octanol–water partition coefficient (Wildman–Crippen LogP) is 1.45. The maximum Gasteiger partial charge on any atom is 0.153 e. The molecule has 1 fully saturated rings. The molecule has 1 heterocycles. The number of nitrogens with zero attached hydrogens (tertiary/aromatic N) is 3. The first kappa shape index (κ1) is 12.4. The highest BCUT2D eigenvalue weighted by Crippen LogP contribution is 2.31. The molecule has 0 atom stereocenters. The number of hydrogen-bond donors (Lipinski definition) is 2. The summed E-state index contributed by atoms with van der Waals surface area (Å²) >= 11 is 6.09. The first-order valence-corrected chi connectivity index (χ1v) is 6.14. The molecule has 3 N–H and O–H groups in total. The van der Waals surface area contributed by atoms with Crippen LogP contribution in [0.15, 0.2) is 6.33 Å². The third-order valence-corrected chi connectivity index (χ3v) is 3.71. The van der Waals surface area contributed by atoms with Gasteiger partial charge in [0.1, 0.15) is 17.2 Å². The van der Waals surface area contributed by atoms with Crippen molar-refractivity contribution in [2.75, 3.05) is 17.7 Å². The van der Waals surface area contributed by atoms with Gasteiger partial charge in [-0.1, -0.05) is 11.6 Å². The van der Waals surface area contributed by atoms with Crippen LogP contribution in [0, 0.1) is 0 Å². The van der Waals surface area contributed by atoms with E-state index in [2.05, 4.69) is 9.97 Å². The minimum Gasteiger partial charge on any atom is -0.393 e. The number of nitrogens with two attached hydrogens (primary N) is 1. The lowest BCUT2D eigenvalue weighted by Crippen LogP contribution is -2.37. The minimum atomic E-state index is -0.161.